The molecule has 0 aliphatic rings. The van der Waals surface area contributed by atoms with Crippen LogP contribution in [0.3, 0.4) is 0 Å². The number of carbonyl (C=O) groups is 1. The summed E-state index contributed by atoms with van der Waals surface area (Å²) in [4.78, 5) is 10.3. The highest BCUT2D eigenvalue weighted by Gasteiger charge is 2.14. The van der Waals surface area contributed by atoms with Gasteiger partial charge in [-0.3, -0.25) is 0 Å². The van der Waals surface area contributed by atoms with Gasteiger partial charge in [0.15, 0.2) is 0 Å². The molecule has 0 aliphatic carbocycles. The SMILES string of the molecule is NC(C([O])=O)c1ccccc1. The third kappa shape index (κ3) is 1.78. The Bertz CT molecular complexity index is 246. The maximum atomic E-state index is 10.3. The van der Waals surface area contributed by atoms with E-state index >= 15 is 0 Å². The number of benzene rings is 1. The van der Waals surface area contributed by atoms with Crippen molar-refractivity contribution in [3.05, 3.63) is 35.9 Å². The summed E-state index contributed by atoms with van der Waals surface area (Å²) in [5, 5.41) is 10.3. The lowest BCUT2D eigenvalue weighted by molar-refractivity contribution is -0.144. The fourth-order valence-corrected chi connectivity index (χ4v) is 0.796. The molecule has 3 heteroatoms. The summed E-state index contributed by atoms with van der Waals surface area (Å²) in [6.45, 7) is 0. The smallest absolute Gasteiger partial charge is 0.315 e. The van der Waals surface area contributed by atoms with Crippen molar-refractivity contribution >= 4 is 5.97 Å². The molecular formula is C8H8NO2. The molecule has 0 saturated heterocycles. The minimum absolute atomic E-state index is 0.563. The van der Waals surface area contributed by atoms with Crippen LogP contribution in [0.5, 0.6) is 0 Å². The van der Waals surface area contributed by atoms with Crippen LogP contribution in [0.2, 0.25) is 0 Å². The van der Waals surface area contributed by atoms with E-state index < -0.39 is 12.0 Å². The van der Waals surface area contributed by atoms with Gasteiger partial charge in [0, 0.05) is 0 Å². The Morgan fingerprint density at radius 1 is 1.27 bits per heavy atom. The van der Waals surface area contributed by atoms with Gasteiger partial charge in [0.25, 0.3) is 0 Å². The first-order valence-electron chi connectivity index (χ1n) is 3.23. The van der Waals surface area contributed by atoms with Crippen LogP contribution in [0.4, 0.5) is 0 Å². The molecule has 0 spiro atoms. The third-order valence-electron chi connectivity index (χ3n) is 1.41. The van der Waals surface area contributed by atoms with Gasteiger partial charge in [0.05, 0.1) is 0 Å². The Morgan fingerprint density at radius 3 is 2.27 bits per heavy atom. The highest BCUT2D eigenvalue weighted by Crippen LogP contribution is 2.08. The number of nitrogens with two attached hydrogens (primary N) is 1. The molecule has 0 aromatic heterocycles. The monoisotopic (exact) mass is 150 g/mol. The summed E-state index contributed by atoms with van der Waals surface area (Å²) in [6, 6.07) is 7.55. The van der Waals surface area contributed by atoms with Gasteiger partial charge >= 0.3 is 5.97 Å². The molecule has 0 amide bonds. The summed E-state index contributed by atoms with van der Waals surface area (Å²) >= 11 is 0. The van der Waals surface area contributed by atoms with E-state index in [-0.39, 0.29) is 0 Å². The predicted octanol–water partition coefficient (Wildman–Crippen LogP) is 0.643. The molecule has 1 radical (unpaired) electrons. The Morgan fingerprint density at radius 2 is 1.82 bits per heavy atom. The summed E-state index contributed by atoms with van der Waals surface area (Å²) in [5.74, 6) is -1.25. The van der Waals surface area contributed by atoms with Gasteiger partial charge in [-0.1, -0.05) is 30.3 Å². The van der Waals surface area contributed by atoms with Gasteiger partial charge in [0.2, 0.25) is 0 Å². The first-order chi connectivity index (χ1) is 5.22. The fraction of sp³-hybridized carbons (Fsp3) is 0.125. The summed E-state index contributed by atoms with van der Waals surface area (Å²) in [5.41, 5.74) is 5.84. The van der Waals surface area contributed by atoms with Gasteiger partial charge in [-0.25, -0.2) is 9.90 Å². The topological polar surface area (TPSA) is 63.0 Å². The van der Waals surface area contributed by atoms with E-state index in [1.54, 1.807) is 30.3 Å². The predicted molar refractivity (Wildman–Crippen MR) is 39.1 cm³/mol. The zero-order valence-corrected chi connectivity index (χ0v) is 5.86. The van der Waals surface area contributed by atoms with Crippen LogP contribution in [-0.2, 0) is 9.90 Å². The van der Waals surface area contributed by atoms with Crippen molar-refractivity contribution in [3.63, 3.8) is 0 Å². The Hall–Kier alpha value is -1.35. The second kappa shape index (κ2) is 3.16. The average molecular weight is 150 g/mol. The molecule has 0 aliphatic heterocycles. The minimum Gasteiger partial charge on any atom is -0.315 e. The summed E-state index contributed by atoms with van der Waals surface area (Å²) in [6.07, 6.45) is 0. The van der Waals surface area contributed by atoms with Crippen LogP contribution >= 0.6 is 0 Å². The highest BCUT2D eigenvalue weighted by atomic mass is 16.4. The van der Waals surface area contributed by atoms with E-state index in [1.807, 2.05) is 0 Å². The van der Waals surface area contributed by atoms with Crippen molar-refractivity contribution in [2.45, 2.75) is 6.04 Å². The van der Waals surface area contributed by atoms with E-state index in [0.717, 1.165) is 0 Å². The van der Waals surface area contributed by atoms with Crippen LogP contribution in [0.15, 0.2) is 30.3 Å². The van der Waals surface area contributed by atoms with E-state index in [9.17, 15) is 9.90 Å². The van der Waals surface area contributed by atoms with E-state index in [4.69, 9.17) is 5.73 Å². The molecule has 1 rings (SSSR count). The van der Waals surface area contributed by atoms with Crippen molar-refractivity contribution in [1.82, 2.24) is 0 Å². The first-order valence-corrected chi connectivity index (χ1v) is 3.23. The zero-order valence-electron chi connectivity index (χ0n) is 5.86. The van der Waals surface area contributed by atoms with Crippen molar-refractivity contribution in [1.29, 1.82) is 0 Å². The van der Waals surface area contributed by atoms with E-state index in [1.165, 1.54) is 0 Å². The molecule has 0 saturated carbocycles. The normalized spacial score (nSPS) is 12.5. The molecule has 1 atom stereocenters. The summed E-state index contributed by atoms with van der Waals surface area (Å²) < 4.78 is 0. The van der Waals surface area contributed by atoms with Crippen LogP contribution in [-0.4, -0.2) is 5.97 Å². The highest BCUT2D eigenvalue weighted by molar-refractivity contribution is 5.74. The minimum atomic E-state index is -1.25. The van der Waals surface area contributed by atoms with Crippen molar-refractivity contribution in [2.75, 3.05) is 0 Å². The summed E-state index contributed by atoms with van der Waals surface area (Å²) in [7, 11) is 0. The standard InChI is InChI=1S/C8H8NO2/c9-7(8(10)11)6-4-2-1-3-5-6/h1-5,7H,9H2. The molecule has 1 aromatic rings. The maximum absolute atomic E-state index is 10.3. The molecule has 0 heterocycles. The van der Waals surface area contributed by atoms with Gasteiger partial charge in [-0.2, -0.15) is 0 Å². The molecule has 3 nitrogen and oxygen atoms in total. The van der Waals surface area contributed by atoms with Crippen molar-refractivity contribution in [3.8, 4) is 0 Å². The van der Waals surface area contributed by atoms with E-state index in [2.05, 4.69) is 0 Å². The molecule has 11 heavy (non-hydrogen) atoms. The Kier molecular flexibility index (Phi) is 2.23. The van der Waals surface area contributed by atoms with Gasteiger partial charge in [-0.05, 0) is 5.56 Å². The van der Waals surface area contributed by atoms with Crippen LogP contribution < -0.4 is 5.73 Å². The van der Waals surface area contributed by atoms with Crippen molar-refractivity contribution < 1.29 is 9.90 Å². The Labute approximate surface area is 64.5 Å². The molecule has 0 bridgehead atoms. The molecule has 57 valence electrons. The van der Waals surface area contributed by atoms with Crippen LogP contribution in [0.25, 0.3) is 0 Å². The largest absolute Gasteiger partial charge is 0.376 e. The lowest BCUT2D eigenvalue weighted by Gasteiger charge is -2.02. The molecule has 1 unspecified atom stereocenters. The number of hydrogen-bond donors (Lipinski definition) is 1. The second-order valence-electron chi connectivity index (χ2n) is 2.21. The van der Waals surface area contributed by atoms with Gasteiger partial charge in [0.1, 0.15) is 6.04 Å². The molecule has 2 N–H and O–H groups in total. The molecular weight excluding hydrogens is 142 g/mol. The lowest BCUT2D eigenvalue weighted by Crippen LogP contribution is -2.19. The number of carbonyl (C=O) groups excluding carboxylic acids is 1. The Balaban J connectivity index is 2.85. The second-order valence-corrected chi connectivity index (χ2v) is 2.21. The lowest BCUT2D eigenvalue weighted by atomic mass is 10.1. The average Bonchev–Trinajstić information content (AvgIpc) is 2.05. The van der Waals surface area contributed by atoms with Crippen LogP contribution in [0.1, 0.15) is 11.6 Å². The zero-order chi connectivity index (χ0) is 8.27. The van der Waals surface area contributed by atoms with E-state index in [0.29, 0.717) is 5.56 Å². The van der Waals surface area contributed by atoms with Crippen molar-refractivity contribution in [2.24, 2.45) is 5.73 Å². The number of rotatable bonds is 2. The molecule has 1 aromatic carbocycles. The van der Waals surface area contributed by atoms with Gasteiger partial charge < -0.3 is 5.73 Å². The maximum Gasteiger partial charge on any atom is 0.376 e. The number of hydrogen-bond acceptors (Lipinski definition) is 2. The quantitative estimate of drug-likeness (QED) is 0.672. The third-order valence-corrected chi connectivity index (χ3v) is 1.41. The molecule has 0 fully saturated rings. The fourth-order valence-electron chi connectivity index (χ4n) is 0.796. The van der Waals surface area contributed by atoms with Gasteiger partial charge in [-0.15, -0.1) is 0 Å². The van der Waals surface area contributed by atoms with Crippen LogP contribution in [0, 0.1) is 0 Å². The first kappa shape index (κ1) is 7.75.